The van der Waals surface area contributed by atoms with Crippen molar-refractivity contribution in [2.24, 2.45) is 0 Å². The van der Waals surface area contributed by atoms with Crippen molar-refractivity contribution in [2.45, 2.75) is 6.04 Å². The van der Waals surface area contributed by atoms with Crippen molar-refractivity contribution in [3.8, 4) is 0 Å². The maximum absolute atomic E-state index is 13.8. The topological polar surface area (TPSA) is 36.9 Å². The summed E-state index contributed by atoms with van der Waals surface area (Å²) in [6, 6.07) is 13.2. The summed E-state index contributed by atoms with van der Waals surface area (Å²) in [6.45, 7) is 0. The molecule has 4 aromatic rings. The SMILES string of the molecule is CN(C)c1ccc(C(c2c[nH]c3ccc(F)cc23)n2ccnc2)cc1. The summed E-state index contributed by atoms with van der Waals surface area (Å²) < 4.78 is 15.8. The fourth-order valence-electron chi connectivity index (χ4n) is 3.23. The normalized spacial score (nSPS) is 12.4. The molecular weight excluding hydrogens is 315 g/mol. The average Bonchev–Trinajstić information content (AvgIpc) is 3.26. The molecule has 25 heavy (non-hydrogen) atoms. The van der Waals surface area contributed by atoms with Gasteiger partial charge in [-0.2, -0.15) is 0 Å². The van der Waals surface area contributed by atoms with Crippen LogP contribution < -0.4 is 4.90 Å². The first-order chi connectivity index (χ1) is 12.1. The summed E-state index contributed by atoms with van der Waals surface area (Å²) in [6.07, 6.45) is 7.44. The number of benzene rings is 2. The third-order valence-corrected chi connectivity index (χ3v) is 4.52. The molecule has 0 aliphatic rings. The Morgan fingerprint density at radius 3 is 2.60 bits per heavy atom. The van der Waals surface area contributed by atoms with Crippen molar-refractivity contribution in [1.82, 2.24) is 14.5 Å². The Kier molecular flexibility index (Phi) is 3.76. The van der Waals surface area contributed by atoms with Gasteiger partial charge in [-0.1, -0.05) is 12.1 Å². The number of H-pyrrole nitrogens is 1. The van der Waals surface area contributed by atoms with E-state index in [0.717, 1.165) is 27.7 Å². The molecule has 4 rings (SSSR count). The summed E-state index contributed by atoms with van der Waals surface area (Å²) in [5, 5.41) is 0.885. The highest BCUT2D eigenvalue weighted by Gasteiger charge is 2.20. The van der Waals surface area contributed by atoms with Gasteiger partial charge in [0, 0.05) is 54.8 Å². The number of halogens is 1. The van der Waals surface area contributed by atoms with E-state index in [-0.39, 0.29) is 11.9 Å². The average molecular weight is 334 g/mol. The largest absolute Gasteiger partial charge is 0.378 e. The molecule has 0 saturated carbocycles. The summed E-state index contributed by atoms with van der Waals surface area (Å²) in [5.74, 6) is -0.235. The zero-order chi connectivity index (χ0) is 17.4. The lowest BCUT2D eigenvalue weighted by atomic mass is 9.97. The van der Waals surface area contributed by atoms with E-state index in [1.165, 1.54) is 6.07 Å². The van der Waals surface area contributed by atoms with Crippen LogP contribution in [-0.4, -0.2) is 28.6 Å². The van der Waals surface area contributed by atoms with Crippen molar-refractivity contribution in [2.75, 3.05) is 19.0 Å². The highest BCUT2D eigenvalue weighted by Crippen LogP contribution is 2.33. The zero-order valence-electron chi connectivity index (χ0n) is 14.1. The van der Waals surface area contributed by atoms with Crippen LogP contribution in [0.4, 0.5) is 10.1 Å². The second kappa shape index (κ2) is 6.09. The minimum Gasteiger partial charge on any atom is -0.378 e. The molecule has 2 heterocycles. The van der Waals surface area contributed by atoms with E-state index in [0.29, 0.717) is 0 Å². The van der Waals surface area contributed by atoms with Gasteiger partial charge in [-0.3, -0.25) is 0 Å². The van der Waals surface area contributed by atoms with Crippen LogP contribution in [0.2, 0.25) is 0 Å². The highest BCUT2D eigenvalue weighted by atomic mass is 19.1. The number of rotatable bonds is 4. The fourth-order valence-corrected chi connectivity index (χ4v) is 3.23. The van der Waals surface area contributed by atoms with Crippen molar-refractivity contribution in [3.05, 3.63) is 84.3 Å². The van der Waals surface area contributed by atoms with Crippen molar-refractivity contribution >= 4 is 16.6 Å². The Morgan fingerprint density at radius 1 is 1.12 bits per heavy atom. The molecule has 0 spiro atoms. The second-order valence-corrected chi connectivity index (χ2v) is 6.33. The molecule has 0 saturated heterocycles. The predicted molar refractivity (Wildman–Crippen MR) is 98.5 cm³/mol. The summed E-state index contributed by atoms with van der Waals surface area (Å²) >= 11 is 0. The van der Waals surface area contributed by atoms with Crippen LogP contribution in [0.25, 0.3) is 10.9 Å². The molecule has 0 aliphatic carbocycles. The number of imidazole rings is 1. The third-order valence-electron chi connectivity index (χ3n) is 4.52. The molecule has 2 aromatic carbocycles. The van der Waals surface area contributed by atoms with Gasteiger partial charge >= 0.3 is 0 Å². The van der Waals surface area contributed by atoms with Crippen LogP contribution >= 0.6 is 0 Å². The van der Waals surface area contributed by atoms with Gasteiger partial charge in [0.1, 0.15) is 5.82 Å². The number of fused-ring (bicyclic) bond motifs is 1. The molecule has 0 bridgehead atoms. The minimum absolute atomic E-state index is 0.0748. The Hall–Kier alpha value is -3.08. The Bertz CT molecular complexity index is 984. The fraction of sp³-hybridized carbons (Fsp3) is 0.150. The van der Waals surface area contributed by atoms with E-state index >= 15 is 0 Å². The van der Waals surface area contributed by atoms with E-state index < -0.39 is 0 Å². The Morgan fingerprint density at radius 2 is 1.92 bits per heavy atom. The van der Waals surface area contributed by atoms with E-state index in [2.05, 4.69) is 39.1 Å². The van der Waals surface area contributed by atoms with E-state index in [9.17, 15) is 4.39 Å². The first-order valence-corrected chi connectivity index (χ1v) is 8.15. The van der Waals surface area contributed by atoms with Gasteiger partial charge in [-0.05, 0) is 35.9 Å². The molecule has 1 N–H and O–H groups in total. The van der Waals surface area contributed by atoms with Gasteiger partial charge in [-0.15, -0.1) is 0 Å². The van der Waals surface area contributed by atoms with Crippen LogP contribution in [0.5, 0.6) is 0 Å². The molecule has 0 fully saturated rings. The molecule has 0 radical (unpaired) electrons. The Labute approximate surface area is 145 Å². The van der Waals surface area contributed by atoms with Gasteiger partial charge in [0.15, 0.2) is 0 Å². The van der Waals surface area contributed by atoms with E-state index in [4.69, 9.17) is 0 Å². The summed E-state index contributed by atoms with van der Waals surface area (Å²) in [5.41, 5.74) is 4.20. The smallest absolute Gasteiger partial charge is 0.123 e. The first-order valence-electron chi connectivity index (χ1n) is 8.15. The van der Waals surface area contributed by atoms with E-state index in [1.54, 1.807) is 24.7 Å². The maximum atomic E-state index is 13.8. The molecule has 0 aliphatic heterocycles. The van der Waals surface area contributed by atoms with Gasteiger partial charge in [0.25, 0.3) is 0 Å². The van der Waals surface area contributed by atoms with Crippen molar-refractivity contribution in [1.29, 1.82) is 0 Å². The number of hydrogen-bond donors (Lipinski definition) is 1. The van der Waals surface area contributed by atoms with Crippen LogP contribution in [0.1, 0.15) is 17.2 Å². The van der Waals surface area contributed by atoms with Gasteiger partial charge in [0.2, 0.25) is 0 Å². The minimum atomic E-state index is -0.235. The number of aromatic amines is 1. The van der Waals surface area contributed by atoms with E-state index in [1.807, 2.05) is 31.1 Å². The molecule has 126 valence electrons. The number of aromatic nitrogens is 3. The number of nitrogens with zero attached hydrogens (tertiary/aromatic N) is 3. The highest BCUT2D eigenvalue weighted by molar-refractivity contribution is 5.84. The van der Waals surface area contributed by atoms with Crippen LogP contribution in [0, 0.1) is 5.82 Å². The van der Waals surface area contributed by atoms with Crippen LogP contribution in [0.3, 0.4) is 0 Å². The summed E-state index contributed by atoms with van der Waals surface area (Å²) in [4.78, 5) is 9.51. The number of hydrogen-bond acceptors (Lipinski definition) is 2. The lowest BCUT2D eigenvalue weighted by Gasteiger charge is -2.20. The third kappa shape index (κ3) is 2.78. The summed E-state index contributed by atoms with van der Waals surface area (Å²) in [7, 11) is 4.04. The molecule has 0 amide bonds. The van der Waals surface area contributed by atoms with Crippen LogP contribution in [-0.2, 0) is 0 Å². The molecule has 4 nitrogen and oxygen atoms in total. The van der Waals surface area contributed by atoms with Gasteiger partial charge in [0.05, 0.1) is 12.4 Å². The second-order valence-electron chi connectivity index (χ2n) is 6.33. The predicted octanol–water partition coefficient (Wildman–Crippen LogP) is 4.21. The maximum Gasteiger partial charge on any atom is 0.123 e. The molecule has 5 heteroatoms. The van der Waals surface area contributed by atoms with Gasteiger partial charge < -0.3 is 14.5 Å². The standard InChI is InChI=1S/C20H19FN4/c1-24(2)16-6-3-14(4-7-16)20(25-10-9-22-13-25)18-12-23-19-8-5-15(21)11-17(18)19/h3-13,20,23H,1-2H3. The quantitative estimate of drug-likeness (QED) is 0.607. The number of anilines is 1. The van der Waals surface area contributed by atoms with Crippen molar-refractivity contribution < 1.29 is 4.39 Å². The lowest BCUT2D eigenvalue weighted by molar-refractivity contribution is 0.629. The molecule has 1 atom stereocenters. The number of nitrogens with one attached hydrogen (secondary N) is 1. The monoisotopic (exact) mass is 334 g/mol. The first kappa shape index (κ1) is 15.4. The van der Waals surface area contributed by atoms with Crippen LogP contribution in [0.15, 0.2) is 67.4 Å². The molecular formula is C20H19FN4. The lowest BCUT2D eigenvalue weighted by Crippen LogP contribution is -2.12. The Balaban J connectivity index is 1.88. The van der Waals surface area contributed by atoms with Gasteiger partial charge in [-0.25, -0.2) is 9.37 Å². The molecule has 1 unspecified atom stereocenters. The zero-order valence-corrected chi connectivity index (χ0v) is 14.1. The van der Waals surface area contributed by atoms with Crippen molar-refractivity contribution in [3.63, 3.8) is 0 Å². The molecule has 2 aromatic heterocycles.